The fourth-order valence-electron chi connectivity index (χ4n) is 3.17. The Morgan fingerprint density at radius 3 is 2.21 bits per heavy atom. The number of piperidine rings is 1. The first-order valence-electron chi connectivity index (χ1n) is 8.77. The molecule has 0 spiro atoms. The van der Waals surface area contributed by atoms with Gasteiger partial charge in [0.25, 0.3) is 5.91 Å². The molecule has 0 radical (unpaired) electrons. The molecule has 1 saturated heterocycles. The molecule has 24 heavy (non-hydrogen) atoms. The van der Waals surface area contributed by atoms with E-state index in [1.54, 1.807) is 14.2 Å². The van der Waals surface area contributed by atoms with Gasteiger partial charge in [-0.2, -0.15) is 0 Å². The minimum Gasteiger partial charge on any atom is -0.388 e. The van der Waals surface area contributed by atoms with Crippen LogP contribution < -0.4 is 5.32 Å². The van der Waals surface area contributed by atoms with E-state index in [-0.39, 0.29) is 5.91 Å². The van der Waals surface area contributed by atoms with Gasteiger partial charge in [-0.3, -0.25) is 4.79 Å². The normalized spacial score (nSPS) is 14.8. The molecule has 0 bridgehead atoms. The Balaban J connectivity index is 0.000000891. The standard InChI is InChI=1S/C18H28N2O.C2H6O/c1-12-10-17(15(4)14(3)13(12)2)18(21)20(5)11-16-6-8-19-9-7-16;1-3-2/h10,16,19H,6-9,11H2,1-5H3;1-2H3. The van der Waals surface area contributed by atoms with E-state index in [2.05, 4.69) is 43.8 Å². The number of methoxy groups -OCH3 is 1. The third kappa shape index (κ3) is 5.32. The van der Waals surface area contributed by atoms with Crippen LogP contribution in [0.5, 0.6) is 0 Å². The van der Waals surface area contributed by atoms with Crippen LogP contribution in [0, 0.1) is 33.6 Å². The fourth-order valence-corrected chi connectivity index (χ4v) is 3.17. The number of hydrogen-bond acceptors (Lipinski definition) is 3. The lowest BCUT2D eigenvalue weighted by molar-refractivity contribution is 0.0762. The molecule has 2 rings (SSSR count). The molecule has 0 atom stereocenters. The number of nitrogens with zero attached hydrogens (tertiary/aromatic N) is 1. The van der Waals surface area contributed by atoms with Crippen molar-refractivity contribution in [3.8, 4) is 0 Å². The Kier molecular flexibility index (Phi) is 8.43. The topological polar surface area (TPSA) is 41.6 Å². The number of benzene rings is 1. The number of ether oxygens (including phenoxy) is 1. The number of carbonyl (C=O) groups is 1. The highest BCUT2D eigenvalue weighted by molar-refractivity contribution is 5.96. The summed E-state index contributed by atoms with van der Waals surface area (Å²) >= 11 is 0. The third-order valence-corrected chi connectivity index (χ3v) is 5.05. The van der Waals surface area contributed by atoms with Gasteiger partial charge in [0.05, 0.1) is 0 Å². The third-order valence-electron chi connectivity index (χ3n) is 5.05. The molecule has 0 aromatic heterocycles. The Hall–Kier alpha value is -1.39. The predicted molar refractivity (Wildman–Crippen MR) is 101 cm³/mol. The first-order chi connectivity index (χ1) is 11.3. The van der Waals surface area contributed by atoms with Gasteiger partial charge in [-0.25, -0.2) is 0 Å². The lowest BCUT2D eigenvalue weighted by Crippen LogP contribution is -2.37. The van der Waals surface area contributed by atoms with Crippen molar-refractivity contribution in [2.75, 3.05) is 40.9 Å². The number of hydrogen-bond donors (Lipinski definition) is 1. The molecule has 1 heterocycles. The Morgan fingerprint density at radius 1 is 1.12 bits per heavy atom. The van der Waals surface area contributed by atoms with E-state index in [0.717, 1.165) is 30.8 Å². The van der Waals surface area contributed by atoms with Gasteiger partial charge < -0.3 is 15.0 Å². The van der Waals surface area contributed by atoms with Crippen molar-refractivity contribution in [1.82, 2.24) is 10.2 Å². The fraction of sp³-hybridized carbons (Fsp3) is 0.650. The zero-order valence-corrected chi connectivity index (χ0v) is 16.5. The van der Waals surface area contributed by atoms with Crippen molar-refractivity contribution in [2.45, 2.75) is 40.5 Å². The van der Waals surface area contributed by atoms with Gasteiger partial charge in [0.15, 0.2) is 0 Å². The predicted octanol–water partition coefficient (Wildman–Crippen LogP) is 3.25. The number of nitrogens with one attached hydrogen (secondary N) is 1. The number of rotatable bonds is 3. The molecule has 4 nitrogen and oxygen atoms in total. The van der Waals surface area contributed by atoms with E-state index in [4.69, 9.17) is 0 Å². The van der Waals surface area contributed by atoms with Crippen LogP contribution in [0.15, 0.2) is 6.07 Å². The quantitative estimate of drug-likeness (QED) is 0.922. The highest BCUT2D eigenvalue weighted by Crippen LogP contribution is 2.23. The van der Waals surface area contributed by atoms with Crippen molar-refractivity contribution >= 4 is 5.91 Å². The van der Waals surface area contributed by atoms with Crippen molar-refractivity contribution in [3.05, 3.63) is 33.9 Å². The van der Waals surface area contributed by atoms with Gasteiger partial charge in [0, 0.05) is 33.4 Å². The molecule has 1 aromatic carbocycles. The lowest BCUT2D eigenvalue weighted by Gasteiger charge is -2.28. The monoisotopic (exact) mass is 334 g/mol. The van der Waals surface area contributed by atoms with E-state index in [1.165, 1.54) is 29.5 Å². The maximum atomic E-state index is 12.8. The zero-order chi connectivity index (χ0) is 18.3. The van der Waals surface area contributed by atoms with Crippen LogP contribution in [0.1, 0.15) is 45.5 Å². The lowest BCUT2D eigenvalue weighted by atomic mass is 9.93. The van der Waals surface area contributed by atoms with Crippen molar-refractivity contribution in [1.29, 1.82) is 0 Å². The molecule has 136 valence electrons. The van der Waals surface area contributed by atoms with E-state index in [9.17, 15) is 4.79 Å². The van der Waals surface area contributed by atoms with E-state index >= 15 is 0 Å². The second kappa shape index (κ2) is 9.80. The van der Waals surface area contributed by atoms with Crippen LogP contribution in [0.2, 0.25) is 0 Å². The second-order valence-corrected chi connectivity index (χ2v) is 6.90. The average Bonchev–Trinajstić information content (AvgIpc) is 2.57. The van der Waals surface area contributed by atoms with Gasteiger partial charge in [0.2, 0.25) is 0 Å². The Bertz CT molecular complexity index is 549. The highest BCUT2D eigenvalue weighted by Gasteiger charge is 2.21. The molecule has 1 aliphatic rings. The molecular formula is C20H34N2O2. The summed E-state index contributed by atoms with van der Waals surface area (Å²) in [4.78, 5) is 14.7. The molecular weight excluding hydrogens is 300 g/mol. The Morgan fingerprint density at radius 2 is 1.67 bits per heavy atom. The van der Waals surface area contributed by atoms with Crippen molar-refractivity contribution < 1.29 is 9.53 Å². The maximum absolute atomic E-state index is 12.8. The van der Waals surface area contributed by atoms with E-state index in [1.807, 2.05) is 11.9 Å². The van der Waals surface area contributed by atoms with Gasteiger partial charge in [-0.05, 0) is 87.9 Å². The molecule has 4 heteroatoms. The smallest absolute Gasteiger partial charge is 0.253 e. The molecule has 1 N–H and O–H groups in total. The van der Waals surface area contributed by atoms with E-state index in [0.29, 0.717) is 5.92 Å². The van der Waals surface area contributed by atoms with Gasteiger partial charge in [-0.15, -0.1) is 0 Å². The van der Waals surface area contributed by atoms with E-state index < -0.39 is 0 Å². The largest absolute Gasteiger partial charge is 0.388 e. The summed E-state index contributed by atoms with van der Waals surface area (Å²) in [6.07, 6.45) is 2.34. The van der Waals surface area contributed by atoms with Gasteiger partial charge in [0.1, 0.15) is 0 Å². The Labute approximate surface area is 147 Å². The molecule has 1 aliphatic heterocycles. The average molecular weight is 335 g/mol. The SMILES string of the molecule is COC.Cc1cc(C(=O)N(C)CC2CCNCC2)c(C)c(C)c1C. The number of amides is 1. The van der Waals surface area contributed by atoms with Crippen LogP contribution >= 0.6 is 0 Å². The van der Waals surface area contributed by atoms with Crippen LogP contribution in [0.25, 0.3) is 0 Å². The van der Waals surface area contributed by atoms with Gasteiger partial charge >= 0.3 is 0 Å². The van der Waals surface area contributed by atoms with Crippen LogP contribution in [0.3, 0.4) is 0 Å². The van der Waals surface area contributed by atoms with Crippen LogP contribution in [0.4, 0.5) is 0 Å². The number of aryl methyl sites for hydroxylation is 1. The molecule has 0 saturated carbocycles. The molecule has 1 fully saturated rings. The second-order valence-electron chi connectivity index (χ2n) is 6.90. The summed E-state index contributed by atoms with van der Waals surface area (Å²) < 4.78 is 4.25. The highest BCUT2D eigenvalue weighted by atomic mass is 16.4. The summed E-state index contributed by atoms with van der Waals surface area (Å²) in [6.45, 7) is 11.4. The zero-order valence-electron chi connectivity index (χ0n) is 16.5. The summed E-state index contributed by atoms with van der Waals surface area (Å²) in [5.41, 5.74) is 5.74. The van der Waals surface area contributed by atoms with Crippen molar-refractivity contribution in [2.24, 2.45) is 5.92 Å². The molecule has 1 aromatic rings. The summed E-state index contributed by atoms with van der Waals surface area (Å²) in [5.74, 6) is 0.797. The summed E-state index contributed by atoms with van der Waals surface area (Å²) in [5, 5.41) is 3.38. The molecule has 0 unspecified atom stereocenters. The van der Waals surface area contributed by atoms with Crippen LogP contribution in [-0.4, -0.2) is 51.7 Å². The minimum atomic E-state index is 0.164. The molecule has 0 aliphatic carbocycles. The summed E-state index contributed by atoms with van der Waals surface area (Å²) in [7, 11) is 5.19. The molecule has 1 amide bonds. The first kappa shape index (κ1) is 20.7. The minimum absolute atomic E-state index is 0.164. The van der Waals surface area contributed by atoms with Crippen molar-refractivity contribution in [3.63, 3.8) is 0 Å². The van der Waals surface area contributed by atoms with Crippen LogP contribution in [-0.2, 0) is 4.74 Å². The van der Waals surface area contributed by atoms with Gasteiger partial charge in [-0.1, -0.05) is 0 Å². The number of carbonyl (C=O) groups excluding carboxylic acids is 1. The summed E-state index contributed by atoms with van der Waals surface area (Å²) in [6, 6.07) is 2.05. The first-order valence-corrected chi connectivity index (χ1v) is 8.77. The maximum Gasteiger partial charge on any atom is 0.253 e.